The van der Waals surface area contributed by atoms with Crippen molar-refractivity contribution >= 4 is 5.65 Å². The van der Waals surface area contributed by atoms with Gasteiger partial charge in [-0.2, -0.15) is 0 Å². The van der Waals surface area contributed by atoms with E-state index in [0.717, 1.165) is 22.6 Å². The van der Waals surface area contributed by atoms with E-state index in [-0.39, 0.29) is 5.56 Å². The third-order valence-electron chi connectivity index (χ3n) is 4.74. The van der Waals surface area contributed by atoms with Crippen LogP contribution in [0.2, 0.25) is 0 Å². The Morgan fingerprint density at radius 2 is 1.66 bits per heavy atom. The first-order valence-electron chi connectivity index (χ1n) is 9.08. The smallest absolute Gasteiger partial charge is 0.272 e. The van der Waals surface area contributed by atoms with Crippen molar-refractivity contribution in [3.8, 4) is 28.5 Å². The molecular formula is C22H21N3O4. The van der Waals surface area contributed by atoms with E-state index in [1.54, 1.807) is 27.4 Å². The molecular weight excluding hydrogens is 370 g/mol. The summed E-state index contributed by atoms with van der Waals surface area (Å²) < 4.78 is 17.3. The van der Waals surface area contributed by atoms with Gasteiger partial charge in [-0.15, -0.1) is 0 Å². The van der Waals surface area contributed by atoms with Gasteiger partial charge in [0.25, 0.3) is 5.56 Å². The number of nitrogens with zero attached hydrogens (tertiary/aromatic N) is 2. The molecule has 0 atom stereocenters. The van der Waals surface area contributed by atoms with Crippen LogP contribution >= 0.6 is 0 Å². The summed E-state index contributed by atoms with van der Waals surface area (Å²) in [4.78, 5) is 17.2. The summed E-state index contributed by atoms with van der Waals surface area (Å²) in [6.07, 6.45) is 0.562. The number of rotatable bonds is 6. The SMILES string of the molecule is COc1ccc(Cc2cc(=O)n3[nH]c(-c4ccc(OC)c(OC)c4)cc3n2)cc1. The zero-order chi connectivity index (χ0) is 20.4. The van der Waals surface area contributed by atoms with Crippen molar-refractivity contribution in [3.63, 3.8) is 0 Å². The standard InChI is InChI=1S/C22H21N3O4/c1-27-17-7-4-14(5-8-17)10-16-12-22(26)25-21(23-16)13-18(24-25)15-6-9-19(28-2)20(11-15)29-3/h4-9,11-13,24H,10H2,1-3H3. The summed E-state index contributed by atoms with van der Waals surface area (Å²) in [5.41, 5.74) is 3.79. The quantitative estimate of drug-likeness (QED) is 0.546. The van der Waals surface area contributed by atoms with Gasteiger partial charge in [-0.25, -0.2) is 9.50 Å². The maximum Gasteiger partial charge on any atom is 0.272 e. The molecule has 2 heterocycles. The molecule has 29 heavy (non-hydrogen) atoms. The first-order valence-corrected chi connectivity index (χ1v) is 9.08. The van der Waals surface area contributed by atoms with Crippen LogP contribution in [-0.2, 0) is 6.42 Å². The second-order valence-corrected chi connectivity index (χ2v) is 6.54. The molecule has 0 radical (unpaired) electrons. The van der Waals surface area contributed by atoms with Crippen LogP contribution in [0.25, 0.3) is 16.9 Å². The summed E-state index contributed by atoms with van der Waals surface area (Å²) in [5.74, 6) is 2.05. The average Bonchev–Trinajstić information content (AvgIpc) is 3.18. The Kier molecular flexibility index (Phi) is 4.95. The Morgan fingerprint density at radius 1 is 0.897 bits per heavy atom. The number of hydrogen-bond acceptors (Lipinski definition) is 5. The zero-order valence-electron chi connectivity index (χ0n) is 16.4. The van der Waals surface area contributed by atoms with Gasteiger partial charge in [-0.05, 0) is 35.9 Å². The number of nitrogens with one attached hydrogen (secondary N) is 1. The molecule has 0 aliphatic rings. The Balaban J connectivity index is 1.69. The van der Waals surface area contributed by atoms with E-state index >= 15 is 0 Å². The lowest BCUT2D eigenvalue weighted by molar-refractivity contribution is 0.355. The molecule has 0 aliphatic carbocycles. The Morgan fingerprint density at radius 3 is 2.34 bits per heavy atom. The fraction of sp³-hybridized carbons (Fsp3) is 0.182. The summed E-state index contributed by atoms with van der Waals surface area (Å²) in [6, 6.07) is 16.7. The third kappa shape index (κ3) is 3.67. The molecule has 4 aromatic rings. The normalized spacial score (nSPS) is 10.9. The van der Waals surface area contributed by atoms with Crippen LogP contribution in [0.5, 0.6) is 17.2 Å². The van der Waals surface area contributed by atoms with E-state index in [1.807, 2.05) is 48.5 Å². The summed E-state index contributed by atoms with van der Waals surface area (Å²) >= 11 is 0. The van der Waals surface area contributed by atoms with Gasteiger partial charge in [0.2, 0.25) is 0 Å². The highest BCUT2D eigenvalue weighted by atomic mass is 16.5. The molecule has 4 rings (SSSR count). The summed E-state index contributed by atoms with van der Waals surface area (Å²) in [5, 5.41) is 3.10. The van der Waals surface area contributed by atoms with Crippen molar-refractivity contribution in [2.75, 3.05) is 21.3 Å². The van der Waals surface area contributed by atoms with E-state index in [2.05, 4.69) is 10.1 Å². The van der Waals surface area contributed by atoms with Crippen LogP contribution in [0.3, 0.4) is 0 Å². The Bertz CT molecular complexity index is 1210. The number of aromatic nitrogens is 3. The predicted molar refractivity (Wildman–Crippen MR) is 110 cm³/mol. The van der Waals surface area contributed by atoms with Crippen LogP contribution in [0.4, 0.5) is 0 Å². The zero-order valence-corrected chi connectivity index (χ0v) is 16.4. The van der Waals surface area contributed by atoms with Crippen LogP contribution in [0, 0.1) is 0 Å². The van der Waals surface area contributed by atoms with Crippen molar-refractivity contribution in [2.45, 2.75) is 6.42 Å². The fourth-order valence-corrected chi connectivity index (χ4v) is 3.24. The van der Waals surface area contributed by atoms with Crippen molar-refractivity contribution in [3.05, 3.63) is 76.2 Å². The maximum absolute atomic E-state index is 12.6. The van der Waals surface area contributed by atoms with E-state index in [4.69, 9.17) is 14.2 Å². The van der Waals surface area contributed by atoms with Gasteiger partial charge < -0.3 is 14.2 Å². The van der Waals surface area contributed by atoms with Crippen molar-refractivity contribution in [1.82, 2.24) is 14.6 Å². The summed E-state index contributed by atoms with van der Waals surface area (Å²) in [7, 11) is 4.81. The minimum atomic E-state index is -0.162. The van der Waals surface area contributed by atoms with Gasteiger partial charge in [0.15, 0.2) is 17.1 Å². The van der Waals surface area contributed by atoms with Gasteiger partial charge in [0, 0.05) is 24.1 Å². The minimum absolute atomic E-state index is 0.162. The number of aromatic amines is 1. The number of H-pyrrole nitrogens is 1. The molecule has 0 bridgehead atoms. The lowest BCUT2D eigenvalue weighted by Gasteiger charge is -2.08. The van der Waals surface area contributed by atoms with Crippen LogP contribution in [0.1, 0.15) is 11.3 Å². The molecule has 2 aromatic carbocycles. The molecule has 0 amide bonds. The lowest BCUT2D eigenvalue weighted by Crippen LogP contribution is -2.15. The highest BCUT2D eigenvalue weighted by molar-refractivity contribution is 5.67. The number of methoxy groups -OCH3 is 3. The minimum Gasteiger partial charge on any atom is -0.497 e. The molecule has 1 N–H and O–H groups in total. The molecule has 0 fully saturated rings. The summed E-state index contributed by atoms with van der Waals surface area (Å²) in [6.45, 7) is 0. The average molecular weight is 391 g/mol. The first kappa shape index (κ1) is 18.6. The molecule has 7 heteroatoms. The Labute approximate surface area is 167 Å². The molecule has 148 valence electrons. The van der Waals surface area contributed by atoms with Crippen molar-refractivity contribution < 1.29 is 14.2 Å². The van der Waals surface area contributed by atoms with Crippen molar-refractivity contribution in [2.24, 2.45) is 0 Å². The topological polar surface area (TPSA) is 77.9 Å². The van der Waals surface area contributed by atoms with Crippen molar-refractivity contribution in [1.29, 1.82) is 0 Å². The van der Waals surface area contributed by atoms with Crippen LogP contribution < -0.4 is 19.8 Å². The fourth-order valence-electron chi connectivity index (χ4n) is 3.24. The van der Waals surface area contributed by atoms with Gasteiger partial charge in [0.05, 0.1) is 32.7 Å². The highest BCUT2D eigenvalue weighted by Crippen LogP contribution is 2.31. The molecule has 7 nitrogen and oxygen atoms in total. The molecule has 0 spiro atoms. The number of fused-ring (bicyclic) bond motifs is 1. The van der Waals surface area contributed by atoms with E-state index < -0.39 is 0 Å². The first-order chi connectivity index (χ1) is 14.1. The van der Waals surface area contributed by atoms with E-state index in [9.17, 15) is 4.79 Å². The lowest BCUT2D eigenvalue weighted by atomic mass is 10.1. The molecule has 0 aliphatic heterocycles. The van der Waals surface area contributed by atoms with E-state index in [1.165, 1.54) is 4.52 Å². The van der Waals surface area contributed by atoms with Gasteiger partial charge in [0.1, 0.15) is 5.75 Å². The molecule has 0 saturated heterocycles. The Hall–Kier alpha value is -3.74. The number of ether oxygens (including phenoxy) is 3. The van der Waals surface area contributed by atoms with Gasteiger partial charge >= 0.3 is 0 Å². The molecule has 0 saturated carbocycles. The molecule has 2 aromatic heterocycles. The van der Waals surface area contributed by atoms with E-state index in [0.29, 0.717) is 29.3 Å². The number of hydrogen-bond donors (Lipinski definition) is 1. The highest BCUT2D eigenvalue weighted by Gasteiger charge is 2.11. The maximum atomic E-state index is 12.6. The van der Waals surface area contributed by atoms with Gasteiger partial charge in [-0.3, -0.25) is 9.89 Å². The number of benzene rings is 2. The second-order valence-electron chi connectivity index (χ2n) is 6.54. The predicted octanol–water partition coefficient (Wildman–Crippen LogP) is 3.31. The van der Waals surface area contributed by atoms with Crippen LogP contribution in [-0.4, -0.2) is 35.9 Å². The van der Waals surface area contributed by atoms with Gasteiger partial charge in [-0.1, -0.05) is 12.1 Å². The third-order valence-corrected chi connectivity index (χ3v) is 4.74. The monoisotopic (exact) mass is 391 g/mol. The second kappa shape index (κ2) is 7.71. The molecule has 0 unspecified atom stereocenters. The van der Waals surface area contributed by atoms with Crippen LogP contribution in [0.15, 0.2) is 59.4 Å². The largest absolute Gasteiger partial charge is 0.497 e.